The van der Waals surface area contributed by atoms with Crippen molar-refractivity contribution in [1.82, 2.24) is 14.5 Å². The zero-order valence-electron chi connectivity index (χ0n) is 14.7. The van der Waals surface area contributed by atoms with Crippen molar-refractivity contribution in [2.75, 3.05) is 0 Å². The van der Waals surface area contributed by atoms with Gasteiger partial charge in [0, 0.05) is 29.8 Å². The van der Waals surface area contributed by atoms with Gasteiger partial charge in [0.05, 0.1) is 16.3 Å². The number of fused-ring (bicyclic) bond motifs is 1. The average molecular weight is 382 g/mol. The number of nitrogens with zero attached hydrogens (tertiary/aromatic N) is 3. The van der Waals surface area contributed by atoms with Crippen LogP contribution in [0.1, 0.15) is 23.7 Å². The molecule has 26 heavy (non-hydrogen) atoms. The predicted molar refractivity (Wildman–Crippen MR) is 107 cm³/mol. The fourth-order valence-corrected chi connectivity index (χ4v) is 5.01. The summed E-state index contributed by atoms with van der Waals surface area (Å²) >= 11 is 3.22. The van der Waals surface area contributed by atoms with Crippen LogP contribution in [0.15, 0.2) is 63.6 Å². The van der Waals surface area contributed by atoms with Crippen LogP contribution in [0.4, 0.5) is 0 Å². The molecule has 0 fully saturated rings. The molecule has 4 nitrogen and oxygen atoms in total. The quantitative estimate of drug-likeness (QED) is 0.499. The Morgan fingerprint density at radius 2 is 2.08 bits per heavy atom. The van der Waals surface area contributed by atoms with Gasteiger partial charge in [0.25, 0.3) is 5.56 Å². The Balaban J connectivity index is 1.78. The number of hydrogen-bond acceptors (Lipinski definition) is 5. The number of rotatable bonds is 4. The molecule has 0 spiro atoms. The van der Waals surface area contributed by atoms with Crippen LogP contribution in [-0.2, 0) is 12.2 Å². The molecule has 1 aliphatic rings. The van der Waals surface area contributed by atoms with Gasteiger partial charge in [0.1, 0.15) is 0 Å². The first kappa shape index (κ1) is 17.4. The van der Waals surface area contributed by atoms with E-state index in [1.165, 1.54) is 5.56 Å². The monoisotopic (exact) mass is 381 g/mol. The van der Waals surface area contributed by atoms with E-state index in [0.29, 0.717) is 5.25 Å². The van der Waals surface area contributed by atoms with Crippen LogP contribution >= 0.6 is 23.5 Å². The molecular weight excluding hydrogens is 362 g/mol. The molecule has 1 atom stereocenters. The van der Waals surface area contributed by atoms with Gasteiger partial charge in [-0.1, -0.05) is 42.4 Å². The van der Waals surface area contributed by atoms with Crippen LogP contribution in [0.2, 0.25) is 0 Å². The van der Waals surface area contributed by atoms with Crippen molar-refractivity contribution in [2.24, 2.45) is 0 Å². The third kappa shape index (κ3) is 3.44. The summed E-state index contributed by atoms with van der Waals surface area (Å²) in [6, 6.07) is 12.0. The van der Waals surface area contributed by atoms with Crippen LogP contribution in [0, 0.1) is 6.92 Å². The van der Waals surface area contributed by atoms with Gasteiger partial charge in [-0.2, -0.15) is 0 Å². The molecule has 0 saturated carbocycles. The van der Waals surface area contributed by atoms with Gasteiger partial charge in [-0.25, -0.2) is 4.98 Å². The van der Waals surface area contributed by atoms with Crippen LogP contribution in [0.5, 0.6) is 0 Å². The zero-order chi connectivity index (χ0) is 18.1. The fourth-order valence-electron chi connectivity index (χ4n) is 2.95. The molecule has 4 rings (SSSR count). The van der Waals surface area contributed by atoms with Crippen molar-refractivity contribution < 1.29 is 0 Å². The van der Waals surface area contributed by atoms with Crippen molar-refractivity contribution in [2.45, 2.75) is 41.3 Å². The Morgan fingerprint density at radius 1 is 1.27 bits per heavy atom. The summed E-state index contributed by atoms with van der Waals surface area (Å²) in [6.45, 7) is 4.19. The number of aromatic nitrogens is 3. The van der Waals surface area contributed by atoms with E-state index in [1.54, 1.807) is 34.3 Å². The summed E-state index contributed by atoms with van der Waals surface area (Å²) in [7, 11) is 0. The summed E-state index contributed by atoms with van der Waals surface area (Å²) in [6.07, 6.45) is 4.47. The number of aryl methyl sites for hydroxylation is 1. The molecule has 1 aromatic carbocycles. The summed E-state index contributed by atoms with van der Waals surface area (Å²) < 4.78 is 1.75. The van der Waals surface area contributed by atoms with Crippen molar-refractivity contribution in [1.29, 1.82) is 0 Å². The second kappa shape index (κ2) is 7.29. The second-order valence-corrected chi connectivity index (χ2v) is 8.82. The van der Waals surface area contributed by atoms with E-state index < -0.39 is 0 Å². The second-order valence-electron chi connectivity index (χ2n) is 6.43. The van der Waals surface area contributed by atoms with E-state index in [2.05, 4.69) is 11.9 Å². The summed E-state index contributed by atoms with van der Waals surface area (Å²) in [5.41, 5.74) is 4.13. The lowest BCUT2D eigenvalue weighted by Gasteiger charge is -2.14. The zero-order valence-corrected chi connectivity index (χ0v) is 16.3. The first-order valence-corrected chi connectivity index (χ1v) is 10.4. The Bertz CT molecular complexity index is 984. The van der Waals surface area contributed by atoms with E-state index in [4.69, 9.17) is 4.98 Å². The lowest BCUT2D eigenvalue weighted by atomic mass is 10.2. The summed E-state index contributed by atoms with van der Waals surface area (Å²) in [5, 5.41) is 1.14. The van der Waals surface area contributed by atoms with Gasteiger partial charge < -0.3 is 0 Å². The van der Waals surface area contributed by atoms with E-state index in [-0.39, 0.29) is 5.56 Å². The molecule has 0 N–H and O–H groups in total. The number of thioether (sulfide) groups is 2. The Hall–Kier alpha value is -2.05. The molecule has 1 aliphatic heterocycles. The van der Waals surface area contributed by atoms with Gasteiger partial charge in [0.15, 0.2) is 5.16 Å². The predicted octanol–water partition coefficient (Wildman–Crippen LogP) is 4.26. The van der Waals surface area contributed by atoms with Crippen LogP contribution < -0.4 is 5.56 Å². The van der Waals surface area contributed by atoms with Gasteiger partial charge in [0.2, 0.25) is 0 Å². The molecule has 0 aliphatic carbocycles. The maximum Gasteiger partial charge on any atom is 0.272 e. The maximum atomic E-state index is 13.2. The SMILES string of the molecule is Cc1ccc(-n2c(SCc3cccnc3)nc3c(c2=O)SC(C)C3)cc1. The minimum Gasteiger partial charge on any atom is -0.268 e. The van der Waals surface area contributed by atoms with Crippen molar-refractivity contribution in [3.8, 4) is 5.69 Å². The number of pyridine rings is 1. The molecule has 0 amide bonds. The molecule has 132 valence electrons. The highest BCUT2D eigenvalue weighted by atomic mass is 32.2. The van der Waals surface area contributed by atoms with Gasteiger partial charge >= 0.3 is 0 Å². The summed E-state index contributed by atoms with van der Waals surface area (Å²) in [4.78, 5) is 23.0. The van der Waals surface area contributed by atoms with Crippen LogP contribution in [0.25, 0.3) is 5.69 Å². The molecule has 0 radical (unpaired) electrons. The Morgan fingerprint density at radius 3 is 2.81 bits per heavy atom. The van der Waals surface area contributed by atoms with Crippen LogP contribution in [0.3, 0.4) is 0 Å². The van der Waals surface area contributed by atoms with Crippen molar-refractivity contribution >= 4 is 23.5 Å². The molecule has 3 aromatic rings. The van der Waals surface area contributed by atoms with E-state index in [9.17, 15) is 4.79 Å². The maximum absolute atomic E-state index is 13.2. The Kier molecular flexibility index (Phi) is 4.87. The molecule has 3 heterocycles. The smallest absolute Gasteiger partial charge is 0.268 e. The number of benzene rings is 1. The average Bonchev–Trinajstić information content (AvgIpc) is 3.03. The molecule has 0 bridgehead atoms. The highest BCUT2D eigenvalue weighted by Gasteiger charge is 2.26. The van der Waals surface area contributed by atoms with Crippen molar-refractivity contribution in [3.63, 3.8) is 0 Å². The minimum absolute atomic E-state index is 0.0434. The van der Waals surface area contributed by atoms with Gasteiger partial charge in [-0.15, -0.1) is 11.8 Å². The molecule has 0 saturated heterocycles. The molecule has 1 unspecified atom stereocenters. The van der Waals surface area contributed by atoms with Crippen LogP contribution in [-0.4, -0.2) is 19.8 Å². The lowest BCUT2D eigenvalue weighted by molar-refractivity contribution is 0.731. The largest absolute Gasteiger partial charge is 0.272 e. The highest BCUT2D eigenvalue weighted by Crippen LogP contribution is 2.35. The molecule has 6 heteroatoms. The molecular formula is C20H19N3OS2. The highest BCUT2D eigenvalue weighted by molar-refractivity contribution is 8.00. The first-order valence-electron chi connectivity index (χ1n) is 8.53. The topological polar surface area (TPSA) is 47.8 Å². The van der Waals surface area contributed by atoms with Crippen molar-refractivity contribution in [3.05, 3.63) is 76.0 Å². The van der Waals surface area contributed by atoms with E-state index in [0.717, 1.165) is 39.2 Å². The summed E-state index contributed by atoms with van der Waals surface area (Å²) in [5.74, 6) is 0.730. The molecule has 2 aromatic heterocycles. The van der Waals surface area contributed by atoms with Gasteiger partial charge in [-0.05, 0) is 30.7 Å². The van der Waals surface area contributed by atoms with E-state index >= 15 is 0 Å². The Labute approximate surface area is 161 Å². The first-order chi connectivity index (χ1) is 12.6. The third-order valence-corrected chi connectivity index (χ3v) is 6.49. The lowest BCUT2D eigenvalue weighted by Crippen LogP contribution is -2.23. The van der Waals surface area contributed by atoms with Gasteiger partial charge in [-0.3, -0.25) is 14.3 Å². The standard InChI is InChI=1S/C20H19N3OS2/c1-13-5-7-16(8-6-13)23-19(24)18-17(10-14(2)26-18)22-20(23)25-12-15-4-3-9-21-11-15/h3-9,11,14H,10,12H2,1-2H3. The number of hydrogen-bond donors (Lipinski definition) is 0. The van der Waals surface area contributed by atoms with E-state index in [1.807, 2.05) is 49.5 Å². The third-order valence-electron chi connectivity index (χ3n) is 4.26. The fraction of sp³-hybridized carbons (Fsp3) is 0.250. The minimum atomic E-state index is 0.0434. The normalized spacial score (nSPS) is 15.8.